The molecule has 0 spiro atoms. The Kier molecular flexibility index (Phi) is 5.20. The Morgan fingerprint density at radius 2 is 1.85 bits per heavy atom. The summed E-state index contributed by atoms with van der Waals surface area (Å²) in [5, 5.41) is 11.9. The third-order valence-corrected chi connectivity index (χ3v) is 5.09. The second-order valence-electron chi connectivity index (χ2n) is 7.08. The van der Waals surface area contributed by atoms with Crippen LogP contribution in [0.3, 0.4) is 0 Å². The van der Waals surface area contributed by atoms with E-state index in [-0.39, 0.29) is 12.0 Å². The third kappa shape index (κ3) is 4.19. The second kappa shape index (κ2) is 7.92. The Morgan fingerprint density at radius 3 is 2.48 bits per heavy atom. The van der Waals surface area contributed by atoms with Crippen LogP contribution in [0.1, 0.15) is 18.4 Å². The molecule has 0 aliphatic carbocycles. The van der Waals surface area contributed by atoms with Gasteiger partial charge in [-0.05, 0) is 44.0 Å². The fourth-order valence-electron chi connectivity index (χ4n) is 3.48. The molecule has 1 atom stereocenters. The predicted octanol–water partition coefficient (Wildman–Crippen LogP) is 2.36. The molecule has 2 aliphatic rings. The van der Waals surface area contributed by atoms with Gasteiger partial charge < -0.3 is 19.9 Å². The number of aromatic nitrogens is 2. The quantitative estimate of drug-likeness (QED) is 0.895. The highest BCUT2D eigenvalue weighted by atomic mass is 16.5. The summed E-state index contributed by atoms with van der Waals surface area (Å²) in [6.45, 7) is 5.69. The third-order valence-electron chi connectivity index (χ3n) is 5.09. The molecule has 7 nitrogen and oxygen atoms in total. The standard InChI is InChI=1S/C20H25N5O2/c1-15-4-6-16(7-5-15)21-18-8-9-19(23-22-18)24-10-12-25(13-11-24)20(26)17-3-2-14-27-17/h4-9,17H,2-3,10-14H2,1H3,(H,21,22)/t17-/m0/s1. The number of rotatable bonds is 4. The number of benzene rings is 1. The smallest absolute Gasteiger partial charge is 0.251 e. The summed E-state index contributed by atoms with van der Waals surface area (Å²) in [7, 11) is 0. The molecule has 27 heavy (non-hydrogen) atoms. The number of carbonyl (C=O) groups is 1. The van der Waals surface area contributed by atoms with Crippen molar-refractivity contribution >= 4 is 23.2 Å². The minimum Gasteiger partial charge on any atom is -0.368 e. The summed E-state index contributed by atoms with van der Waals surface area (Å²) in [5.41, 5.74) is 2.21. The fourth-order valence-corrected chi connectivity index (χ4v) is 3.48. The van der Waals surface area contributed by atoms with Gasteiger partial charge in [0.2, 0.25) is 0 Å². The zero-order valence-corrected chi connectivity index (χ0v) is 15.6. The average Bonchev–Trinajstić information content (AvgIpc) is 3.25. The van der Waals surface area contributed by atoms with E-state index in [1.807, 2.05) is 29.2 Å². The zero-order chi connectivity index (χ0) is 18.6. The van der Waals surface area contributed by atoms with E-state index < -0.39 is 0 Å². The van der Waals surface area contributed by atoms with Crippen molar-refractivity contribution in [1.82, 2.24) is 15.1 Å². The monoisotopic (exact) mass is 367 g/mol. The second-order valence-corrected chi connectivity index (χ2v) is 7.08. The molecule has 1 aromatic heterocycles. The molecule has 2 aromatic rings. The van der Waals surface area contributed by atoms with Gasteiger partial charge in [-0.15, -0.1) is 10.2 Å². The Bertz CT molecular complexity index is 764. The molecular formula is C20H25N5O2. The Hall–Kier alpha value is -2.67. The summed E-state index contributed by atoms with van der Waals surface area (Å²) in [6.07, 6.45) is 1.60. The molecule has 3 heterocycles. The van der Waals surface area contributed by atoms with Crippen molar-refractivity contribution in [3.63, 3.8) is 0 Å². The van der Waals surface area contributed by atoms with E-state index in [9.17, 15) is 4.79 Å². The first kappa shape index (κ1) is 17.7. The van der Waals surface area contributed by atoms with Crippen molar-refractivity contribution in [2.45, 2.75) is 25.9 Å². The van der Waals surface area contributed by atoms with Crippen molar-refractivity contribution in [3.05, 3.63) is 42.0 Å². The summed E-state index contributed by atoms with van der Waals surface area (Å²) in [5.74, 6) is 1.69. The Balaban J connectivity index is 1.32. The molecule has 1 amide bonds. The molecule has 1 aromatic carbocycles. The molecule has 0 saturated carbocycles. The summed E-state index contributed by atoms with van der Waals surface area (Å²) in [6, 6.07) is 12.1. The number of carbonyl (C=O) groups excluding carboxylic acids is 1. The van der Waals surface area contributed by atoms with Crippen molar-refractivity contribution in [2.24, 2.45) is 0 Å². The van der Waals surface area contributed by atoms with Gasteiger partial charge in [0, 0.05) is 38.5 Å². The van der Waals surface area contributed by atoms with Crippen LogP contribution >= 0.6 is 0 Å². The summed E-state index contributed by atoms with van der Waals surface area (Å²) in [4.78, 5) is 16.5. The lowest BCUT2D eigenvalue weighted by atomic mass is 10.2. The van der Waals surface area contributed by atoms with Crippen LogP contribution in [-0.4, -0.2) is 59.9 Å². The van der Waals surface area contributed by atoms with E-state index in [2.05, 4.69) is 39.5 Å². The zero-order valence-electron chi connectivity index (χ0n) is 15.6. The van der Waals surface area contributed by atoms with Crippen molar-refractivity contribution in [1.29, 1.82) is 0 Å². The Labute approximate surface area is 159 Å². The minimum atomic E-state index is -0.233. The van der Waals surface area contributed by atoms with Crippen LogP contribution in [-0.2, 0) is 9.53 Å². The molecular weight excluding hydrogens is 342 g/mol. The molecule has 1 N–H and O–H groups in total. The first-order chi connectivity index (χ1) is 13.2. The van der Waals surface area contributed by atoms with Gasteiger partial charge in [0.25, 0.3) is 5.91 Å². The summed E-state index contributed by atoms with van der Waals surface area (Å²) < 4.78 is 5.51. The van der Waals surface area contributed by atoms with Crippen molar-refractivity contribution in [2.75, 3.05) is 43.0 Å². The van der Waals surface area contributed by atoms with Crippen molar-refractivity contribution < 1.29 is 9.53 Å². The predicted molar refractivity (Wildman–Crippen MR) is 104 cm³/mol. The van der Waals surface area contributed by atoms with E-state index in [1.54, 1.807) is 0 Å². The van der Waals surface area contributed by atoms with Gasteiger partial charge in [0.05, 0.1) is 0 Å². The van der Waals surface area contributed by atoms with Crippen LogP contribution in [0.4, 0.5) is 17.3 Å². The first-order valence-electron chi connectivity index (χ1n) is 9.52. The van der Waals surface area contributed by atoms with E-state index in [0.717, 1.165) is 43.3 Å². The van der Waals surface area contributed by atoms with Crippen LogP contribution in [0, 0.1) is 6.92 Å². The lowest BCUT2D eigenvalue weighted by Gasteiger charge is -2.36. The number of hydrogen-bond acceptors (Lipinski definition) is 6. The molecule has 2 fully saturated rings. The fraction of sp³-hybridized carbons (Fsp3) is 0.450. The van der Waals surface area contributed by atoms with Gasteiger partial charge >= 0.3 is 0 Å². The molecule has 4 rings (SSSR count). The maximum absolute atomic E-state index is 12.4. The number of hydrogen-bond donors (Lipinski definition) is 1. The number of ether oxygens (including phenoxy) is 1. The topological polar surface area (TPSA) is 70.6 Å². The molecule has 2 aliphatic heterocycles. The maximum atomic E-state index is 12.4. The van der Waals surface area contributed by atoms with Crippen molar-refractivity contribution in [3.8, 4) is 0 Å². The van der Waals surface area contributed by atoms with Crippen LogP contribution in [0.2, 0.25) is 0 Å². The molecule has 7 heteroatoms. The first-order valence-corrected chi connectivity index (χ1v) is 9.52. The molecule has 2 saturated heterocycles. The number of piperazine rings is 1. The molecule has 0 bridgehead atoms. The van der Waals surface area contributed by atoms with Gasteiger partial charge in [0.15, 0.2) is 11.6 Å². The molecule has 0 unspecified atom stereocenters. The van der Waals surface area contributed by atoms with Crippen LogP contribution in [0.25, 0.3) is 0 Å². The minimum absolute atomic E-state index is 0.135. The van der Waals surface area contributed by atoms with E-state index >= 15 is 0 Å². The molecule has 0 radical (unpaired) electrons. The van der Waals surface area contributed by atoms with E-state index in [1.165, 1.54) is 5.56 Å². The summed E-state index contributed by atoms with van der Waals surface area (Å²) >= 11 is 0. The Morgan fingerprint density at radius 1 is 1.07 bits per heavy atom. The van der Waals surface area contributed by atoms with Crippen LogP contribution in [0.5, 0.6) is 0 Å². The van der Waals surface area contributed by atoms with E-state index in [0.29, 0.717) is 19.7 Å². The highest BCUT2D eigenvalue weighted by molar-refractivity contribution is 5.81. The molecule has 142 valence electrons. The van der Waals surface area contributed by atoms with Gasteiger partial charge in [-0.25, -0.2) is 0 Å². The number of anilines is 3. The van der Waals surface area contributed by atoms with Gasteiger partial charge in [-0.2, -0.15) is 0 Å². The lowest BCUT2D eigenvalue weighted by Crippen LogP contribution is -2.51. The van der Waals surface area contributed by atoms with Gasteiger partial charge in [-0.1, -0.05) is 17.7 Å². The van der Waals surface area contributed by atoms with Gasteiger partial charge in [0.1, 0.15) is 6.10 Å². The SMILES string of the molecule is Cc1ccc(Nc2ccc(N3CCN(C(=O)[C@@H]4CCCO4)CC3)nn2)cc1. The lowest BCUT2D eigenvalue weighted by molar-refractivity contribution is -0.141. The maximum Gasteiger partial charge on any atom is 0.251 e. The highest BCUT2D eigenvalue weighted by Gasteiger charge is 2.30. The number of nitrogens with zero attached hydrogens (tertiary/aromatic N) is 4. The van der Waals surface area contributed by atoms with E-state index in [4.69, 9.17) is 4.74 Å². The number of amides is 1. The average molecular weight is 367 g/mol. The number of aryl methyl sites for hydroxylation is 1. The normalized spacial score (nSPS) is 20.0. The van der Waals surface area contributed by atoms with Crippen LogP contribution < -0.4 is 10.2 Å². The number of nitrogens with one attached hydrogen (secondary N) is 1. The largest absolute Gasteiger partial charge is 0.368 e. The van der Waals surface area contributed by atoms with Crippen LogP contribution in [0.15, 0.2) is 36.4 Å². The van der Waals surface area contributed by atoms with Gasteiger partial charge in [-0.3, -0.25) is 4.79 Å². The highest BCUT2D eigenvalue weighted by Crippen LogP contribution is 2.20.